The van der Waals surface area contributed by atoms with Crippen LogP contribution in [0.15, 0.2) is 18.3 Å². The zero-order valence-electron chi connectivity index (χ0n) is 8.95. The number of anilines is 1. The van der Waals surface area contributed by atoms with Gasteiger partial charge >= 0.3 is 0 Å². The average Bonchev–Trinajstić information content (AvgIpc) is 2.29. The second kappa shape index (κ2) is 6.80. The number of hydrogen-bond donors (Lipinski definition) is 2. The first kappa shape index (κ1) is 11.5. The van der Waals surface area contributed by atoms with E-state index in [-0.39, 0.29) is 0 Å². The lowest BCUT2D eigenvalue weighted by Crippen LogP contribution is -2.17. The maximum Gasteiger partial charge on any atom is 0.127 e. The van der Waals surface area contributed by atoms with Crippen LogP contribution < -0.4 is 10.6 Å². The van der Waals surface area contributed by atoms with Crippen LogP contribution in [0.3, 0.4) is 0 Å². The van der Waals surface area contributed by atoms with E-state index in [0.29, 0.717) is 5.56 Å². The molecule has 0 bridgehead atoms. The first-order valence-corrected chi connectivity index (χ1v) is 5.17. The van der Waals surface area contributed by atoms with Gasteiger partial charge in [0.05, 0.1) is 11.6 Å². The molecule has 0 radical (unpaired) electrons. The van der Waals surface area contributed by atoms with E-state index in [4.69, 9.17) is 5.26 Å². The van der Waals surface area contributed by atoms with E-state index >= 15 is 0 Å². The first-order chi connectivity index (χ1) is 7.36. The van der Waals surface area contributed by atoms with Crippen LogP contribution in [0, 0.1) is 11.3 Å². The van der Waals surface area contributed by atoms with Crippen molar-refractivity contribution in [2.24, 2.45) is 0 Å². The maximum absolute atomic E-state index is 8.69. The highest BCUT2D eigenvalue weighted by molar-refractivity contribution is 5.42. The molecule has 4 heteroatoms. The minimum Gasteiger partial charge on any atom is -0.370 e. The van der Waals surface area contributed by atoms with Crippen molar-refractivity contribution in [3.05, 3.63) is 23.9 Å². The monoisotopic (exact) mass is 204 g/mol. The molecule has 0 saturated carbocycles. The number of nitriles is 1. The van der Waals surface area contributed by atoms with Gasteiger partial charge in [-0.2, -0.15) is 5.26 Å². The lowest BCUT2D eigenvalue weighted by atomic mass is 10.3. The standard InChI is InChI=1S/C11H16N4/c1-2-13-5-3-6-14-11-8-10(9-12)4-7-15-11/h4,7-8,13H,2-3,5-6H2,1H3,(H,14,15). The lowest BCUT2D eigenvalue weighted by Gasteiger charge is -2.05. The zero-order valence-corrected chi connectivity index (χ0v) is 8.95. The summed E-state index contributed by atoms with van der Waals surface area (Å²) in [6.45, 7) is 4.96. The summed E-state index contributed by atoms with van der Waals surface area (Å²) in [6.07, 6.45) is 2.69. The molecule has 1 aromatic rings. The second-order valence-corrected chi connectivity index (χ2v) is 3.18. The molecule has 0 saturated heterocycles. The summed E-state index contributed by atoms with van der Waals surface area (Å²) < 4.78 is 0. The van der Waals surface area contributed by atoms with Crippen LogP contribution in [0.2, 0.25) is 0 Å². The lowest BCUT2D eigenvalue weighted by molar-refractivity contribution is 0.688. The summed E-state index contributed by atoms with van der Waals surface area (Å²) >= 11 is 0. The fraction of sp³-hybridized carbons (Fsp3) is 0.455. The number of rotatable bonds is 6. The van der Waals surface area contributed by atoms with E-state index in [1.807, 2.05) is 0 Å². The van der Waals surface area contributed by atoms with E-state index in [2.05, 4.69) is 28.6 Å². The van der Waals surface area contributed by atoms with Crippen LogP contribution in [0.25, 0.3) is 0 Å². The molecule has 0 fully saturated rings. The predicted octanol–water partition coefficient (Wildman–Crippen LogP) is 1.36. The Hall–Kier alpha value is -1.60. The van der Waals surface area contributed by atoms with E-state index < -0.39 is 0 Å². The summed E-state index contributed by atoms with van der Waals surface area (Å²) in [4.78, 5) is 4.12. The van der Waals surface area contributed by atoms with Crippen LogP contribution in [0.4, 0.5) is 5.82 Å². The summed E-state index contributed by atoms with van der Waals surface area (Å²) in [5, 5.41) is 15.1. The van der Waals surface area contributed by atoms with Crippen LogP contribution >= 0.6 is 0 Å². The summed E-state index contributed by atoms with van der Waals surface area (Å²) in [6, 6.07) is 5.54. The summed E-state index contributed by atoms with van der Waals surface area (Å²) in [5.41, 5.74) is 0.638. The van der Waals surface area contributed by atoms with Gasteiger partial charge in [0, 0.05) is 12.7 Å². The van der Waals surface area contributed by atoms with Crippen LogP contribution in [0.5, 0.6) is 0 Å². The Balaban J connectivity index is 2.28. The van der Waals surface area contributed by atoms with Crippen molar-refractivity contribution < 1.29 is 0 Å². The highest BCUT2D eigenvalue weighted by Crippen LogP contribution is 2.04. The van der Waals surface area contributed by atoms with E-state index in [1.165, 1.54) is 0 Å². The molecule has 4 nitrogen and oxygen atoms in total. The SMILES string of the molecule is CCNCCCNc1cc(C#N)ccn1. The van der Waals surface area contributed by atoms with Gasteiger partial charge in [0.2, 0.25) is 0 Å². The Bertz CT molecular complexity index is 330. The minimum atomic E-state index is 0.638. The molecule has 0 unspecified atom stereocenters. The van der Waals surface area contributed by atoms with Crippen molar-refractivity contribution in [2.75, 3.05) is 25.0 Å². The highest BCUT2D eigenvalue weighted by Gasteiger charge is 1.94. The van der Waals surface area contributed by atoms with Gasteiger partial charge in [0.15, 0.2) is 0 Å². The molecule has 2 N–H and O–H groups in total. The third kappa shape index (κ3) is 4.43. The predicted molar refractivity (Wildman–Crippen MR) is 60.6 cm³/mol. The summed E-state index contributed by atoms with van der Waals surface area (Å²) in [5.74, 6) is 0.769. The van der Waals surface area contributed by atoms with Crippen molar-refractivity contribution in [1.29, 1.82) is 5.26 Å². The first-order valence-electron chi connectivity index (χ1n) is 5.17. The molecule has 1 aromatic heterocycles. The van der Waals surface area contributed by atoms with Gasteiger partial charge in [-0.1, -0.05) is 6.92 Å². The third-order valence-electron chi connectivity index (χ3n) is 1.98. The van der Waals surface area contributed by atoms with Crippen molar-refractivity contribution in [1.82, 2.24) is 10.3 Å². The average molecular weight is 204 g/mol. The van der Waals surface area contributed by atoms with Gasteiger partial charge < -0.3 is 10.6 Å². The molecule has 0 aliphatic rings. The molecular formula is C11H16N4. The van der Waals surface area contributed by atoms with E-state index in [0.717, 1.165) is 31.9 Å². The highest BCUT2D eigenvalue weighted by atomic mass is 15.0. The number of hydrogen-bond acceptors (Lipinski definition) is 4. The Labute approximate surface area is 90.3 Å². The van der Waals surface area contributed by atoms with Crippen molar-refractivity contribution >= 4 is 5.82 Å². The Morgan fingerprint density at radius 2 is 2.33 bits per heavy atom. The van der Waals surface area contributed by atoms with Crippen LogP contribution in [0.1, 0.15) is 18.9 Å². The molecule has 0 aromatic carbocycles. The fourth-order valence-corrected chi connectivity index (χ4v) is 1.20. The van der Waals surface area contributed by atoms with Crippen molar-refractivity contribution in [3.8, 4) is 6.07 Å². The van der Waals surface area contributed by atoms with Gasteiger partial charge in [-0.05, 0) is 31.6 Å². The molecule has 0 aliphatic carbocycles. The van der Waals surface area contributed by atoms with Crippen molar-refractivity contribution in [2.45, 2.75) is 13.3 Å². The number of nitrogens with one attached hydrogen (secondary N) is 2. The molecule has 1 heterocycles. The smallest absolute Gasteiger partial charge is 0.127 e. The maximum atomic E-state index is 8.69. The number of nitrogens with zero attached hydrogens (tertiary/aromatic N) is 2. The third-order valence-corrected chi connectivity index (χ3v) is 1.98. The molecule has 0 aliphatic heterocycles. The number of aromatic nitrogens is 1. The van der Waals surface area contributed by atoms with Gasteiger partial charge in [-0.15, -0.1) is 0 Å². The van der Waals surface area contributed by atoms with Gasteiger partial charge in [0.25, 0.3) is 0 Å². The second-order valence-electron chi connectivity index (χ2n) is 3.18. The van der Waals surface area contributed by atoms with Crippen LogP contribution in [-0.4, -0.2) is 24.6 Å². The zero-order chi connectivity index (χ0) is 10.9. The van der Waals surface area contributed by atoms with Crippen molar-refractivity contribution in [3.63, 3.8) is 0 Å². The fourth-order valence-electron chi connectivity index (χ4n) is 1.20. The molecule has 0 amide bonds. The minimum absolute atomic E-state index is 0.638. The van der Waals surface area contributed by atoms with Gasteiger partial charge in [-0.3, -0.25) is 0 Å². The van der Waals surface area contributed by atoms with Crippen LogP contribution in [-0.2, 0) is 0 Å². The number of pyridine rings is 1. The summed E-state index contributed by atoms with van der Waals surface area (Å²) in [7, 11) is 0. The van der Waals surface area contributed by atoms with E-state index in [9.17, 15) is 0 Å². The largest absolute Gasteiger partial charge is 0.370 e. The molecule has 0 atom stereocenters. The molecule has 15 heavy (non-hydrogen) atoms. The molecular weight excluding hydrogens is 188 g/mol. The quantitative estimate of drug-likeness (QED) is 0.687. The van der Waals surface area contributed by atoms with Gasteiger partial charge in [0.1, 0.15) is 5.82 Å². The Morgan fingerprint density at radius 3 is 3.07 bits per heavy atom. The van der Waals surface area contributed by atoms with Gasteiger partial charge in [-0.25, -0.2) is 4.98 Å². The molecule has 0 spiro atoms. The van der Waals surface area contributed by atoms with E-state index in [1.54, 1.807) is 18.3 Å². The normalized spacial score (nSPS) is 9.60. The molecule has 1 rings (SSSR count). The Morgan fingerprint density at radius 1 is 1.47 bits per heavy atom. The topological polar surface area (TPSA) is 60.7 Å². The molecule has 80 valence electrons. The Kier molecular flexibility index (Phi) is 5.20.